The fourth-order valence-electron chi connectivity index (χ4n) is 3.30. The number of sulfonamides is 2. The SMILES string of the molecule is O=C(NNS(=O)(=O)c1ccc(S(=O)(=O)N2CCCC2)cc1)c1ccc2c(c1)OCCO2. The number of ether oxygens (including phenoxy) is 2. The Morgan fingerprint density at radius 1 is 0.839 bits per heavy atom. The second-order valence-electron chi connectivity index (χ2n) is 7.00. The lowest BCUT2D eigenvalue weighted by Crippen LogP contribution is -2.41. The third-order valence-electron chi connectivity index (χ3n) is 4.94. The van der Waals surface area contributed by atoms with E-state index in [1.807, 2.05) is 4.83 Å². The summed E-state index contributed by atoms with van der Waals surface area (Å²) in [6.07, 6.45) is 1.61. The van der Waals surface area contributed by atoms with Crippen LogP contribution in [0.5, 0.6) is 11.5 Å². The van der Waals surface area contributed by atoms with Gasteiger partial charge in [-0.3, -0.25) is 10.2 Å². The van der Waals surface area contributed by atoms with Crippen molar-refractivity contribution in [1.82, 2.24) is 14.6 Å². The average molecular weight is 468 g/mol. The molecular weight excluding hydrogens is 446 g/mol. The van der Waals surface area contributed by atoms with Crippen molar-refractivity contribution < 1.29 is 31.1 Å². The molecule has 2 heterocycles. The highest BCUT2D eigenvalue weighted by molar-refractivity contribution is 7.89. The number of carbonyl (C=O) groups excluding carboxylic acids is 1. The van der Waals surface area contributed by atoms with Crippen LogP contribution < -0.4 is 19.7 Å². The number of carbonyl (C=O) groups is 1. The monoisotopic (exact) mass is 467 g/mol. The molecule has 0 spiro atoms. The maximum absolute atomic E-state index is 12.6. The minimum atomic E-state index is -4.11. The number of hydrogen-bond acceptors (Lipinski definition) is 7. The quantitative estimate of drug-likeness (QED) is 0.603. The molecule has 31 heavy (non-hydrogen) atoms. The molecule has 0 aliphatic carbocycles. The number of hydrazine groups is 1. The molecule has 1 fully saturated rings. The van der Waals surface area contributed by atoms with Crippen molar-refractivity contribution >= 4 is 26.0 Å². The molecule has 2 aliphatic rings. The summed E-state index contributed by atoms with van der Waals surface area (Å²) in [5.74, 6) is 0.220. The van der Waals surface area contributed by atoms with Crippen LogP contribution in [0.15, 0.2) is 52.3 Å². The smallest absolute Gasteiger partial charge is 0.266 e. The highest BCUT2D eigenvalue weighted by atomic mass is 32.2. The van der Waals surface area contributed by atoms with Crippen molar-refractivity contribution in [2.24, 2.45) is 0 Å². The lowest BCUT2D eigenvalue weighted by Gasteiger charge is -2.18. The Morgan fingerprint density at radius 3 is 2.13 bits per heavy atom. The van der Waals surface area contributed by atoms with E-state index in [1.54, 1.807) is 6.07 Å². The van der Waals surface area contributed by atoms with Crippen molar-refractivity contribution in [2.75, 3.05) is 26.3 Å². The van der Waals surface area contributed by atoms with Crippen molar-refractivity contribution in [1.29, 1.82) is 0 Å². The average Bonchev–Trinajstić information content (AvgIpc) is 3.33. The fourth-order valence-corrected chi connectivity index (χ4v) is 5.65. The van der Waals surface area contributed by atoms with Gasteiger partial charge in [-0.05, 0) is 55.3 Å². The van der Waals surface area contributed by atoms with E-state index in [9.17, 15) is 21.6 Å². The van der Waals surface area contributed by atoms with E-state index < -0.39 is 26.0 Å². The van der Waals surface area contributed by atoms with E-state index in [-0.39, 0.29) is 15.4 Å². The molecule has 166 valence electrons. The highest BCUT2D eigenvalue weighted by Crippen LogP contribution is 2.30. The van der Waals surface area contributed by atoms with Gasteiger partial charge in [-0.15, -0.1) is 4.83 Å². The molecule has 0 atom stereocenters. The van der Waals surface area contributed by atoms with Crippen LogP contribution in [0.2, 0.25) is 0 Å². The topological polar surface area (TPSA) is 131 Å². The third kappa shape index (κ3) is 4.51. The van der Waals surface area contributed by atoms with Crippen molar-refractivity contribution in [2.45, 2.75) is 22.6 Å². The Kier molecular flexibility index (Phi) is 5.88. The zero-order chi connectivity index (χ0) is 22.1. The maximum atomic E-state index is 12.6. The summed E-state index contributed by atoms with van der Waals surface area (Å²) < 4.78 is 62.3. The third-order valence-corrected chi connectivity index (χ3v) is 8.12. The van der Waals surface area contributed by atoms with E-state index in [2.05, 4.69) is 5.43 Å². The van der Waals surface area contributed by atoms with Gasteiger partial charge in [0.2, 0.25) is 10.0 Å². The molecular formula is C19H21N3O7S2. The normalized spacial score (nSPS) is 16.8. The molecule has 0 saturated carbocycles. The van der Waals surface area contributed by atoms with Crippen LogP contribution >= 0.6 is 0 Å². The fraction of sp³-hybridized carbons (Fsp3) is 0.316. The first-order valence-corrected chi connectivity index (χ1v) is 12.5. The molecule has 0 unspecified atom stereocenters. The molecule has 0 aromatic heterocycles. The van der Waals surface area contributed by atoms with Gasteiger partial charge in [-0.1, -0.05) is 0 Å². The Balaban J connectivity index is 1.43. The molecule has 2 aromatic rings. The lowest BCUT2D eigenvalue weighted by atomic mass is 10.2. The first-order valence-electron chi connectivity index (χ1n) is 9.59. The first kappa shape index (κ1) is 21.6. The number of nitrogens with zero attached hydrogens (tertiary/aromatic N) is 1. The number of amides is 1. The first-order chi connectivity index (χ1) is 14.8. The van der Waals surface area contributed by atoms with Gasteiger partial charge < -0.3 is 9.47 Å². The second-order valence-corrected chi connectivity index (χ2v) is 10.6. The molecule has 1 amide bonds. The van der Waals surface area contributed by atoms with Gasteiger partial charge in [0.15, 0.2) is 11.5 Å². The molecule has 1 saturated heterocycles. The van der Waals surface area contributed by atoms with Crippen molar-refractivity contribution in [3.63, 3.8) is 0 Å². The van der Waals surface area contributed by atoms with Crippen LogP contribution in [0, 0.1) is 0 Å². The predicted octanol–water partition coefficient (Wildman–Crippen LogP) is 0.866. The number of hydrogen-bond donors (Lipinski definition) is 2. The number of rotatable bonds is 6. The summed E-state index contributed by atoms with van der Waals surface area (Å²) in [5.41, 5.74) is 2.31. The molecule has 2 N–H and O–H groups in total. The Morgan fingerprint density at radius 2 is 1.45 bits per heavy atom. The van der Waals surface area contributed by atoms with E-state index in [0.29, 0.717) is 37.8 Å². The van der Waals surface area contributed by atoms with E-state index in [0.717, 1.165) is 12.8 Å². The van der Waals surface area contributed by atoms with E-state index >= 15 is 0 Å². The molecule has 10 nitrogen and oxygen atoms in total. The Bertz CT molecular complexity index is 1190. The molecule has 2 aromatic carbocycles. The summed E-state index contributed by atoms with van der Waals surface area (Å²) in [6.45, 7) is 1.68. The minimum Gasteiger partial charge on any atom is -0.486 e. The van der Waals surface area contributed by atoms with Crippen LogP contribution in [0.4, 0.5) is 0 Å². The van der Waals surface area contributed by atoms with Gasteiger partial charge >= 0.3 is 0 Å². The van der Waals surface area contributed by atoms with Gasteiger partial charge in [0.1, 0.15) is 13.2 Å². The minimum absolute atomic E-state index is 0.0219. The predicted molar refractivity (Wildman–Crippen MR) is 110 cm³/mol. The van der Waals surface area contributed by atoms with Crippen LogP contribution in [0.3, 0.4) is 0 Å². The molecule has 0 bridgehead atoms. The second kappa shape index (κ2) is 8.46. The number of fused-ring (bicyclic) bond motifs is 1. The van der Waals surface area contributed by atoms with Crippen LogP contribution in [0.25, 0.3) is 0 Å². The molecule has 2 aliphatic heterocycles. The summed E-state index contributed by atoms with van der Waals surface area (Å²) in [5, 5.41) is 0. The standard InChI is InChI=1S/C19H21N3O7S2/c23-19(14-3-8-17-18(13-14)29-12-11-28-17)20-21-30(24,25)15-4-6-16(7-5-15)31(26,27)22-9-1-2-10-22/h3-8,13,21H,1-2,9-12H2,(H,20,23). The summed E-state index contributed by atoms with van der Waals surface area (Å²) in [6, 6.07) is 9.35. The molecule has 4 rings (SSSR count). The van der Waals surface area contributed by atoms with Crippen molar-refractivity contribution in [3.05, 3.63) is 48.0 Å². The van der Waals surface area contributed by atoms with Gasteiger partial charge in [-0.2, -0.15) is 4.31 Å². The Labute approximate surface area is 180 Å². The highest BCUT2D eigenvalue weighted by Gasteiger charge is 2.27. The van der Waals surface area contributed by atoms with Crippen molar-refractivity contribution in [3.8, 4) is 11.5 Å². The lowest BCUT2D eigenvalue weighted by molar-refractivity contribution is 0.0944. The molecule has 0 radical (unpaired) electrons. The zero-order valence-corrected chi connectivity index (χ0v) is 18.0. The number of benzene rings is 2. The van der Waals surface area contributed by atoms with Crippen LogP contribution in [-0.4, -0.2) is 53.4 Å². The Hall–Kier alpha value is -2.67. The summed E-state index contributed by atoms with van der Waals surface area (Å²) in [7, 11) is -7.75. The summed E-state index contributed by atoms with van der Waals surface area (Å²) in [4.78, 5) is 14.2. The zero-order valence-electron chi connectivity index (χ0n) is 16.4. The van der Waals surface area contributed by atoms with E-state index in [4.69, 9.17) is 9.47 Å². The van der Waals surface area contributed by atoms with Gasteiger partial charge in [0, 0.05) is 18.7 Å². The number of nitrogens with one attached hydrogen (secondary N) is 2. The van der Waals surface area contributed by atoms with Gasteiger partial charge in [-0.25, -0.2) is 16.8 Å². The molecule has 12 heteroatoms. The maximum Gasteiger partial charge on any atom is 0.266 e. The van der Waals surface area contributed by atoms with E-state index in [1.165, 1.54) is 40.7 Å². The largest absolute Gasteiger partial charge is 0.486 e. The van der Waals surface area contributed by atoms with Crippen LogP contribution in [0.1, 0.15) is 23.2 Å². The van der Waals surface area contributed by atoms with Gasteiger partial charge in [0.05, 0.1) is 9.79 Å². The summed E-state index contributed by atoms with van der Waals surface area (Å²) >= 11 is 0. The van der Waals surface area contributed by atoms with Gasteiger partial charge in [0.25, 0.3) is 15.9 Å². The van der Waals surface area contributed by atoms with Crippen LogP contribution in [-0.2, 0) is 20.0 Å².